The van der Waals surface area contributed by atoms with Crippen LogP contribution in [0.4, 0.5) is 0 Å². The molecule has 0 aromatic heterocycles. The lowest BCUT2D eigenvalue weighted by Gasteiger charge is -1.85. The van der Waals surface area contributed by atoms with Crippen molar-refractivity contribution in [2.24, 2.45) is 0 Å². The maximum absolute atomic E-state index is 8.09. The van der Waals surface area contributed by atoms with Gasteiger partial charge < -0.3 is 19.7 Å². The van der Waals surface area contributed by atoms with Gasteiger partial charge in [0.2, 0.25) is 0 Å². The van der Waals surface area contributed by atoms with Gasteiger partial charge in [-0.2, -0.15) is 0 Å². The Kier molecular flexibility index (Phi) is 7.42. The average Bonchev–Trinajstić information content (AvgIpc) is 3.16. The zero-order valence-corrected chi connectivity index (χ0v) is 9.68. The fourth-order valence-corrected chi connectivity index (χ4v) is 1.13. The SMILES string of the molecule is C(=CCC1CO1)CC1CO1.OCCCCO. The van der Waals surface area contributed by atoms with E-state index in [4.69, 9.17) is 19.7 Å². The van der Waals surface area contributed by atoms with Crippen molar-refractivity contribution in [3.8, 4) is 0 Å². The maximum Gasteiger partial charge on any atom is 0.0844 e. The molecule has 0 bridgehead atoms. The topological polar surface area (TPSA) is 65.5 Å². The van der Waals surface area contributed by atoms with Crippen molar-refractivity contribution in [1.82, 2.24) is 0 Å². The summed E-state index contributed by atoms with van der Waals surface area (Å²) in [4.78, 5) is 0. The third-order valence-electron chi connectivity index (χ3n) is 2.34. The molecule has 0 spiro atoms. The number of unbranched alkanes of at least 4 members (excludes halogenated alkanes) is 1. The van der Waals surface area contributed by atoms with Crippen molar-refractivity contribution in [3.05, 3.63) is 12.2 Å². The molecule has 2 rings (SSSR count). The first-order valence-electron chi connectivity index (χ1n) is 5.96. The molecule has 0 aromatic rings. The Hall–Kier alpha value is -0.420. The van der Waals surface area contributed by atoms with Crippen LogP contribution < -0.4 is 0 Å². The molecule has 0 radical (unpaired) electrons. The fourth-order valence-electron chi connectivity index (χ4n) is 1.13. The number of aliphatic hydroxyl groups is 2. The van der Waals surface area contributed by atoms with E-state index >= 15 is 0 Å². The lowest BCUT2D eigenvalue weighted by atomic mass is 10.2. The minimum Gasteiger partial charge on any atom is -0.396 e. The first kappa shape index (κ1) is 13.6. The van der Waals surface area contributed by atoms with E-state index in [1.807, 2.05) is 0 Å². The smallest absolute Gasteiger partial charge is 0.0844 e. The van der Waals surface area contributed by atoms with Gasteiger partial charge in [0, 0.05) is 13.2 Å². The minimum absolute atomic E-state index is 0.195. The summed E-state index contributed by atoms with van der Waals surface area (Å²) < 4.78 is 10.1. The Morgan fingerprint density at radius 2 is 1.25 bits per heavy atom. The molecule has 2 unspecified atom stereocenters. The van der Waals surface area contributed by atoms with Crippen molar-refractivity contribution in [2.45, 2.75) is 37.9 Å². The molecule has 16 heavy (non-hydrogen) atoms. The molecule has 0 aromatic carbocycles. The third-order valence-corrected chi connectivity index (χ3v) is 2.34. The van der Waals surface area contributed by atoms with Gasteiger partial charge in [0.25, 0.3) is 0 Å². The monoisotopic (exact) mass is 230 g/mol. The summed E-state index contributed by atoms with van der Waals surface area (Å²) in [6.07, 6.45) is 9.08. The van der Waals surface area contributed by atoms with Crippen molar-refractivity contribution >= 4 is 0 Å². The lowest BCUT2D eigenvalue weighted by molar-refractivity contribution is 0.242. The van der Waals surface area contributed by atoms with E-state index in [9.17, 15) is 0 Å². The second-order valence-corrected chi connectivity index (χ2v) is 4.01. The molecule has 2 aliphatic heterocycles. The van der Waals surface area contributed by atoms with Gasteiger partial charge in [-0.25, -0.2) is 0 Å². The van der Waals surface area contributed by atoms with Crippen LogP contribution in [0.5, 0.6) is 0 Å². The molecule has 2 atom stereocenters. The zero-order valence-electron chi connectivity index (χ0n) is 9.68. The summed E-state index contributed by atoms with van der Waals surface area (Å²) in [7, 11) is 0. The lowest BCUT2D eigenvalue weighted by Crippen LogP contribution is -1.85. The van der Waals surface area contributed by atoms with Crippen molar-refractivity contribution in [1.29, 1.82) is 0 Å². The summed E-state index contributed by atoms with van der Waals surface area (Å²) in [5, 5.41) is 16.2. The first-order valence-corrected chi connectivity index (χ1v) is 5.96. The van der Waals surface area contributed by atoms with Crippen LogP contribution in [0.2, 0.25) is 0 Å². The molecule has 2 aliphatic rings. The highest BCUT2D eigenvalue weighted by molar-refractivity contribution is 4.91. The number of hydrogen-bond acceptors (Lipinski definition) is 4. The quantitative estimate of drug-likeness (QED) is 0.387. The van der Waals surface area contributed by atoms with E-state index in [1.54, 1.807) is 0 Å². The van der Waals surface area contributed by atoms with Gasteiger partial charge in [-0.3, -0.25) is 0 Å². The summed E-state index contributed by atoms with van der Waals surface area (Å²) in [5.74, 6) is 0. The molecule has 2 fully saturated rings. The van der Waals surface area contributed by atoms with E-state index in [1.165, 1.54) is 0 Å². The van der Waals surface area contributed by atoms with Gasteiger partial charge >= 0.3 is 0 Å². The molecule has 0 aliphatic carbocycles. The Balaban J connectivity index is 0.000000187. The van der Waals surface area contributed by atoms with Crippen LogP contribution in [-0.4, -0.2) is 48.8 Å². The second-order valence-electron chi connectivity index (χ2n) is 4.01. The van der Waals surface area contributed by atoms with Crippen molar-refractivity contribution < 1.29 is 19.7 Å². The highest BCUT2D eigenvalue weighted by atomic mass is 16.6. The molecule has 4 nitrogen and oxygen atoms in total. The molecule has 94 valence electrons. The van der Waals surface area contributed by atoms with Gasteiger partial charge in [0.1, 0.15) is 0 Å². The summed E-state index contributed by atoms with van der Waals surface area (Å²) in [6.45, 7) is 2.32. The molecule has 2 heterocycles. The second kappa shape index (κ2) is 8.70. The van der Waals surface area contributed by atoms with Crippen LogP contribution in [0.25, 0.3) is 0 Å². The van der Waals surface area contributed by atoms with E-state index in [0.717, 1.165) is 38.9 Å². The van der Waals surface area contributed by atoms with Gasteiger partial charge in [-0.15, -0.1) is 0 Å². The Bertz CT molecular complexity index is 165. The summed E-state index contributed by atoms with van der Waals surface area (Å²) >= 11 is 0. The Morgan fingerprint density at radius 1 is 0.875 bits per heavy atom. The van der Waals surface area contributed by atoms with E-state index in [2.05, 4.69) is 12.2 Å². The molecular weight excluding hydrogens is 208 g/mol. The fraction of sp³-hybridized carbons (Fsp3) is 0.833. The minimum atomic E-state index is 0.195. The predicted molar refractivity (Wildman–Crippen MR) is 61.3 cm³/mol. The normalized spacial score (nSPS) is 26.4. The molecule has 4 heteroatoms. The third kappa shape index (κ3) is 8.85. The average molecular weight is 230 g/mol. The number of rotatable bonds is 7. The predicted octanol–water partition coefficient (Wildman–Crippen LogP) is 0.872. The van der Waals surface area contributed by atoms with Gasteiger partial charge in [-0.05, 0) is 25.7 Å². The molecule has 2 saturated heterocycles. The van der Waals surface area contributed by atoms with Crippen LogP contribution in [0, 0.1) is 0 Å². The van der Waals surface area contributed by atoms with Gasteiger partial charge in [0.15, 0.2) is 0 Å². The molecular formula is C12H22O4. The highest BCUT2D eigenvalue weighted by Gasteiger charge is 2.21. The van der Waals surface area contributed by atoms with Crippen LogP contribution in [0.15, 0.2) is 12.2 Å². The number of hydrogen-bond donors (Lipinski definition) is 2. The summed E-state index contributed by atoms with van der Waals surface area (Å²) in [5.41, 5.74) is 0. The van der Waals surface area contributed by atoms with Gasteiger partial charge in [0.05, 0.1) is 25.4 Å². The van der Waals surface area contributed by atoms with Crippen molar-refractivity contribution in [2.75, 3.05) is 26.4 Å². The van der Waals surface area contributed by atoms with E-state index < -0.39 is 0 Å². The summed E-state index contributed by atoms with van der Waals surface area (Å²) in [6, 6.07) is 0. The van der Waals surface area contributed by atoms with Crippen LogP contribution in [0.3, 0.4) is 0 Å². The molecule has 2 N–H and O–H groups in total. The Labute approximate surface area is 96.9 Å². The van der Waals surface area contributed by atoms with Crippen LogP contribution >= 0.6 is 0 Å². The van der Waals surface area contributed by atoms with E-state index in [-0.39, 0.29) is 13.2 Å². The molecule has 0 amide bonds. The zero-order chi connectivity index (χ0) is 11.6. The van der Waals surface area contributed by atoms with Gasteiger partial charge in [-0.1, -0.05) is 12.2 Å². The maximum atomic E-state index is 8.09. The molecule has 0 saturated carbocycles. The van der Waals surface area contributed by atoms with E-state index in [0.29, 0.717) is 12.2 Å². The first-order chi connectivity index (χ1) is 7.86. The number of aliphatic hydroxyl groups excluding tert-OH is 2. The van der Waals surface area contributed by atoms with Crippen LogP contribution in [-0.2, 0) is 9.47 Å². The Morgan fingerprint density at radius 3 is 1.50 bits per heavy atom. The highest BCUT2D eigenvalue weighted by Crippen LogP contribution is 2.16. The number of ether oxygens (including phenoxy) is 2. The largest absolute Gasteiger partial charge is 0.396 e. The standard InChI is InChI=1S/C8H12O2.C4H10O2/c1(3-7-5-9-7)2-4-8-6-10-8;5-3-1-2-4-6/h1-2,7-8H,3-6H2;5-6H,1-4H2. The van der Waals surface area contributed by atoms with Crippen molar-refractivity contribution in [3.63, 3.8) is 0 Å². The van der Waals surface area contributed by atoms with Crippen LogP contribution in [0.1, 0.15) is 25.7 Å². The number of epoxide rings is 2.